The first-order valence-corrected chi connectivity index (χ1v) is 3.63. The number of nitrogens with zero attached hydrogens (tertiary/aromatic N) is 2. The average Bonchev–Trinajstić information content (AvgIpc) is 1.91. The van der Waals surface area contributed by atoms with Crippen molar-refractivity contribution in [1.82, 2.24) is 10.2 Å². The van der Waals surface area contributed by atoms with Gasteiger partial charge in [0.05, 0.1) is 0 Å². The van der Waals surface area contributed by atoms with Crippen LogP contribution in [-0.4, -0.2) is 49.7 Å². The molecular weight excluding hydrogens is 143 g/mol. The Balaban J connectivity index is 0.000000236. The van der Waals surface area contributed by atoms with Crippen molar-refractivity contribution >= 4 is 37.3 Å². The zero-order chi connectivity index (χ0) is 7.82. The monoisotopic (exact) mass is 148 g/mol. The van der Waals surface area contributed by atoms with E-state index in [1.54, 1.807) is 6.20 Å². The van der Waals surface area contributed by atoms with Crippen LogP contribution in [0.25, 0.3) is 0 Å². The van der Waals surface area contributed by atoms with E-state index >= 15 is 0 Å². The zero-order valence-electron chi connectivity index (χ0n) is 5.56. The van der Waals surface area contributed by atoms with Crippen LogP contribution in [0.3, 0.4) is 0 Å². The Bertz CT molecular complexity index is 180. The Labute approximate surface area is 75.7 Å². The summed E-state index contributed by atoms with van der Waals surface area (Å²) in [6, 6.07) is 3.87. The van der Waals surface area contributed by atoms with Crippen LogP contribution in [0.15, 0.2) is 18.3 Å². The van der Waals surface area contributed by atoms with Crippen molar-refractivity contribution in [2.45, 2.75) is 0 Å². The van der Waals surface area contributed by atoms with Gasteiger partial charge in [0.2, 0.25) is 0 Å². The van der Waals surface area contributed by atoms with Gasteiger partial charge in [0.1, 0.15) is 0 Å². The summed E-state index contributed by atoms with van der Waals surface area (Å²) in [6.07, 6.45) is 1.68. The summed E-state index contributed by atoms with van der Waals surface area (Å²) in [7, 11) is 0. The molecule has 0 saturated carbocycles. The number of hydrogen-bond donors (Lipinski definition) is 1. The van der Waals surface area contributed by atoms with Crippen molar-refractivity contribution in [1.29, 1.82) is 0 Å². The summed E-state index contributed by atoms with van der Waals surface area (Å²) in [5, 5.41) is 14.3. The molecule has 0 aliphatic heterocycles. The minimum atomic E-state index is -0.250. The fourth-order valence-corrected chi connectivity index (χ4v) is 0.686. The van der Waals surface area contributed by atoms with E-state index in [0.29, 0.717) is 0 Å². The van der Waals surface area contributed by atoms with E-state index in [-0.39, 0.29) is 6.47 Å². The molecule has 1 rings (SSSR count). The second kappa shape index (κ2) is 6.67. The molecule has 10 heavy (non-hydrogen) atoms. The molecule has 0 aliphatic rings. The van der Waals surface area contributed by atoms with Crippen LogP contribution in [0.4, 0.5) is 0 Å². The third kappa shape index (κ3) is 5.68. The van der Waals surface area contributed by atoms with E-state index in [1.165, 1.54) is 0 Å². The van der Waals surface area contributed by atoms with Crippen molar-refractivity contribution in [3.8, 4) is 0 Å². The van der Waals surface area contributed by atoms with E-state index in [4.69, 9.17) is 9.90 Å². The topological polar surface area (TPSA) is 63.1 Å². The molecule has 0 unspecified atom stereocenters. The van der Waals surface area contributed by atoms with Crippen molar-refractivity contribution in [3.05, 3.63) is 18.3 Å². The normalized spacial score (nSPS) is 7.40. The van der Waals surface area contributed by atoms with E-state index < -0.39 is 0 Å². The van der Waals surface area contributed by atoms with Crippen molar-refractivity contribution in [2.75, 3.05) is 0 Å². The maximum absolute atomic E-state index is 8.36. The molecule has 1 N–H and O–H groups in total. The number of hydrogen-bond acceptors (Lipinski definition) is 3. The van der Waals surface area contributed by atoms with Gasteiger partial charge in [0, 0.05) is 0 Å². The minimum absolute atomic E-state index is 0.250. The fourth-order valence-electron chi connectivity index (χ4n) is 0.379. The molecule has 0 amide bonds. The van der Waals surface area contributed by atoms with Gasteiger partial charge in [-0.2, -0.15) is 0 Å². The SMILES string of the molecule is O=CO.[Na][c]1cccnn1. The van der Waals surface area contributed by atoms with E-state index in [1.807, 2.05) is 12.1 Å². The summed E-state index contributed by atoms with van der Waals surface area (Å²) < 4.78 is 1.10. The predicted molar refractivity (Wildman–Crippen MR) is 36.1 cm³/mol. The quantitative estimate of drug-likeness (QED) is 0.377. The molecule has 1 aromatic rings. The van der Waals surface area contributed by atoms with Crippen LogP contribution in [0.2, 0.25) is 0 Å². The summed E-state index contributed by atoms with van der Waals surface area (Å²) in [6.45, 7) is -0.250. The first-order valence-electron chi connectivity index (χ1n) is 2.63. The molecule has 1 heterocycles. The van der Waals surface area contributed by atoms with Gasteiger partial charge in [-0.15, -0.1) is 0 Å². The third-order valence-electron chi connectivity index (χ3n) is 0.706. The third-order valence-corrected chi connectivity index (χ3v) is 1.24. The molecule has 48 valence electrons. The fraction of sp³-hybridized carbons (Fsp3) is 0. The Hall–Kier alpha value is -0.450. The first kappa shape index (κ1) is 9.55. The van der Waals surface area contributed by atoms with Gasteiger partial charge in [-0.05, 0) is 0 Å². The summed E-state index contributed by atoms with van der Waals surface area (Å²) in [5.74, 6) is 0. The van der Waals surface area contributed by atoms with Crippen molar-refractivity contribution in [3.63, 3.8) is 0 Å². The van der Waals surface area contributed by atoms with Crippen molar-refractivity contribution < 1.29 is 9.90 Å². The molecule has 0 atom stereocenters. The van der Waals surface area contributed by atoms with Gasteiger partial charge in [0.15, 0.2) is 0 Å². The second-order valence-corrected chi connectivity index (χ2v) is 2.50. The Morgan fingerprint density at radius 1 is 1.70 bits per heavy atom. The number of rotatable bonds is 0. The van der Waals surface area contributed by atoms with Crippen LogP contribution >= 0.6 is 0 Å². The molecule has 1 aromatic heterocycles. The molecule has 0 radical (unpaired) electrons. The van der Waals surface area contributed by atoms with Crippen LogP contribution in [0, 0.1) is 0 Å². The van der Waals surface area contributed by atoms with Gasteiger partial charge < -0.3 is 5.11 Å². The van der Waals surface area contributed by atoms with E-state index in [0.717, 1.165) is 30.9 Å². The number of aromatic nitrogens is 2. The summed E-state index contributed by atoms with van der Waals surface area (Å²) in [4.78, 5) is 8.36. The molecule has 0 aromatic carbocycles. The van der Waals surface area contributed by atoms with Gasteiger partial charge in [-0.25, -0.2) is 0 Å². The predicted octanol–water partition coefficient (Wildman–Crippen LogP) is -1.03. The van der Waals surface area contributed by atoms with Crippen LogP contribution < -0.4 is 2.94 Å². The van der Waals surface area contributed by atoms with Crippen LogP contribution in [0.5, 0.6) is 0 Å². The van der Waals surface area contributed by atoms with Gasteiger partial charge in [-0.3, -0.25) is 4.79 Å². The molecule has 5 heteroatoms. The Kier molecular flexibility index (Phi) is 6.37. The first-order chi connectivity index (χ1) is 4.81. The Morgan fingerprint density at radius 3 is 2.50 bits per heavy atom. The van der Waals surface area contributed by atoms with Gasteiger partial charge in [0.25, 0.3) is 6.47 Å². The molecular formula is C5H5N2NaO2. The number of carboxylic acid groups (broad SMARTS) is 1. The average molecular weight is 148 g/mol. The molecule has 0 spiro atoms. The van der Waals surface area contributed by atoms with Gasteiger partial charge in [-0.1, -0.05) is 0 Å². The van der Waals surface area contributed by atoms with E-state index in [2.05, 4.69) is 10.2 Å². The van der Waals surface area contributed by atoms with E-state index in [9.17, 15) is 0 Å². The molecule has 4 nitrogen and oxygen atoms in total. The molecule has 0 aliphatic carbocycles. The molecule has 0 fully saturated rings. The molecule has 0 bridgehead atoms. The summed E-state index contributed by atoms with van der Waals surface area (Å²) in [5.41, 5.74) is 0. The van der Waals surface area contributed by atoms with Crippen molar-refractivity contribution in [2.24, 2.45) is 0 Å². The standard InChI is InChI=1S/C4H3N2.CH2O2.Na/c1-2-4-6-5-3-1;2-1-3;/h1-3H;1H,(H,2,3);. The van der Waals surface area contributed by atoms with Gasteiger partial charge >= 0.3 is 59.4 Å². The molecule has 0 saturated heterocycles. The van der Waals surface area contributed by atoms with Crippen LogP contribution in [0.1, 0.15) is 0 Å². The van der Waals surface area contributed by atoms with Crippen LogP contribution in [-0.2, 0) is 4.79 Å². The summed E-state index contributed by atoms with van der Waals surface area (Å²) >= 11 is 1.00. The second-order valence-electron chi connectivity index (χ2n) is 1.47. The Morgan fingerprint density at radius 2 is 2.30 bits per heavy atom. The zero-order valence-corrected chi connectivity index (χ0v) is 7.56. The maximum atomic E-state index is 8.36. The number of carbonyl (C=O) groups is 1.